The van der Waals surface area contributed by atoms with Crippen LogP contribution in [-0.4, -0.2) is 43.2 Å². The van der Waals surface area contributed by atoms with Crippen LogP contribution in [-0.2, 0) is 19.0 Å². The largest absolute Gasteiger partial charge is 0.337 e. The summed E-state index contributed by atoms with van der Waals surface area (Å²) in [7, 11) is 1.87. The van der Waals surface area contributed by atoms with Gasteiger partial charge in [0.1, 0.15) is 11.5 Å². The highest BCUT2D eigenvalue weighted by Crippen LogP contribution is 2.31. The van der Waals surface area contributed by atoms with Crippen molar-refractivity contribution in [3.63, 3.8) is 0 Å². The number of nitrogens with zero attached hydrogens (tertiary/aromatic N) is 5. The summed E-state index contributed by atoms with van der Waals surface area (Å²) in [5.41, 5.74) is 3.78. The highest BCUT2D eigenvalue weighted by molar-refractivity contribution is 5.93. The van der Waals surface area contributed by atoms with E-state index in [1.54, 1.807) is 4.68 Å². The van der Waals surface area contributed by atoms with Gasteiger partial charge in [-0.25, -0.2) is 4.98 Å². The molecule has 0 aliphatic carbocycles. The molecule has 3 aromatic rings. The van der Waals surface area contributed by atoms with E-state index in [0.29, 0.717) is 12.2 Å². The molecule has 1 aliphatic rings. The summed E-state index contributed by atoms with van der Waals surface area (Å²) in [5, 5.41) is 4.59. The average Bonchev–Trinajstić information content (AvgIpc) is 3.29. The van der Waals surface area contributed by atoms with E-state index in [9.17, 15) is 4.79 Å². The fourth-order valence-electron chi connectivity index (χ4n) is 4.43. The van der Waals surface area contributed by atoms with Crippen LogP contribution in [0.5, 0.6) is 0 Å². The SMILES string of the molecule is CCCn1c(C2CCCN(C(=O)c3cc(C(C)(C)C)nn3C)C2)nc2ccccc21. The molecule has 1 saturated heterocycles. The standard InChI is InChI=1S/C24H33N5O/c1-6-13-29-19-12-8-7-11-18(19)25-22(29)17-10-9-14-28(16-17)23(30)20-15-21(24(2,3)4)26-27(20)5/h7-8,11-12,15,17H,6,9-10,13-14,16H2,1-5H3. The van der Waals surface area contributed by atoms with E-state index in [2.05, 4.69) is 55.6 Å². The Hall–Kier alpha value is -2.63. The number of imidazole rings is 1. The van der Waals surface area contributed by atoms with Crippen molar-refractivity contribution in [2.45, 2.75) is 64.8 Å². The minimum atomic E-state index is -0.0776. The van der Waals surface area contributed by atoms with Crippen LogP contribution in [0.1, 0.15) is 74.9 Å². The maximum atomic E-state index is 13.4. The van der Waals surface area contributed by atoms with Crippen molar-refractivity contribution < 1.29 is 4.79 Å². The van der Waals surface area contributed by atoms with Crippen molar-refractivity contribution in [3.05, 3.63) is 47.5 Å². The molecular weight excluding hydrogens is 374 g/mol. The number of aromatic nitrogens is 4. The second kappa shape index (κ2) is 7.89. The van der Waals surface area contributed by atoms with Crippen LogP contribution in [0.25, 0.3) is 11.0 Å². The molecule has 3 heterocycles. The van der Waals surface area contributed by atoms with E-state index in [1.165, 1.54) is 5.52 Å². The monoisotopic (exact) mass is 407 g/mol. The molecule has 4 rings (SSSR count). The molecule has 2 aromatic heterocycles. The molecule has 0 bridgehead atoms. The van der Waals surface area contributed by atoms with E-state index in [4.69, 9.17) is 4.98 Å². The molecule has 1 amide bonds. The first-order valence-corrected chi connectivity index (χ1v) is 11.1. The van der Waals surface area contributed by atoms with Crippen molar-refractivity contribution in [2.24, 2.45) is 7.05 Å². The number of amides is 1. The number of carbonyl (C=O) groups is 1. The summed E-state index contributed by atoms with van der Waals surface area (Å²) in [6, 6.07) is 10.3. The minimum Gasteiger partial charge on any atom is -0.337 e. The van der Waals surface area contributed by atoms with Gasteiger partial charge in [0.2, 0.25) is 0 Å². The Kier molecular flexibility index (Phi) is 5.43. The quantitative estimate of drug-likeness (QED) is 0.640. The Morgan fingerprint density at radius 2 is 2.00 bits per heavy atom. The first-order valence-electron chi connectivity index (χ1n) is 11.1. The zero-order valence-electron chi connectivity index (χ0n) is 18.9. The van der Waals surface area contributed by atoms with Gasteiger partial charge in [0.15, 0.2) is 0 Å². The highest BCUT2D eigenvalue weighted by atomic mass is 16.2. The summed E-state index contributed by atoms with van der Waals surface area (Å²) < 4.78 is 4.09. The lowest BCUT2D eigenvalue weighted by molar-refractivity contribution is 0.0692. The molecule has 6 heteroatoms. The number of likely N-dealkylation sites (tertiary alicyclic amines) is 1. The third-order valence-corrected chi connectivity index (χ3v) is 6.07. The molecule has 1 fully saturated rings. The lowest BCUT2D eigenvalue weighted by Gasteiger charge is -2.32. The van der Waals surface area contributed by atoms with Crippen LogP contribution in [0, 0.1) is 0 Å². The van der Waals surface area contributed by atoms with E-state index in [1.807, 2.05) is 24.1 Å². The van der Waals surface area contributed by atoms with Gasteiger partial charge in [-0.05, 0) is 37.5 Å². The summed E-state index contributed by atoms with van der Waals surface area (Å²) in [5.74, 6) is 1.45. The highest BCUT2D eigenvalue weighted by Gasteiger charge is 2.31. The smallest absolute Gasteiger partial charge is 0.272 e. The van der Waals surface area contributed by atoms with Crippen LogP contribution >= 0.6 is 0 Å². The lowest BCUT2D eigenvalue weighted by atomic mass is 9.92. The molecule has 1 atom stereocenters. The first kappa shape index (κ1) is 20.6. The Labute approximate surface area is 178 Å². The normalized spacial score (nSPS) is 17.6. The summed E-state index contributed by atoms with van der Waals surface area (Å²) >= 11 is 0. The van der Waals surface area contributed by atoms with Gasteiger partial charge in [-0.15, -0.1) is 0 Å². The van der Waals surface area contributed by atoms with E-state index in [0.717, 1.165) is 49.4 Å². The number of para-hydroxylation sites is 2. The fraction of sp³-hybridized carbons (Fsp3) is 0.542. The van der Waals surface area contributed by atoms with Gasteiger partial charge in [-0.3, -0.25) is 9.48 Å². The van der Waals surface area contributed by atoms with Gasteiger partial charge < -0.3 is 9.47 Å². The van der Waals surface area contributed by atoms with Crippen molar-refractivity contribution in [3.8, 4) is 0 Å². The van der Waals surface area contributed by atoms with Crippen LogP contribution in [0.2, 0.25) is 0 Å². The van der Waals surface area contributed by atoms with Crippen molar-refractivity contribution in [2.75, 3.05) is 13.1 Å². The molecule has 0 radical (unpaired) electrons. The Morgan fingerprint density at radius 3 is 2.70 bits per heavy atom. The van der Waals surface area contributed by atoms with Gasteiger partial charge in [0.05, 0.1) is 16.7 Å². The van der Waals surface area contributed by atoms with Gasteiger partial charge in [0.25, 0.3) is 5.91 Å². The molecule has 6 nitrogen and oxygen atoms in total. The van der Waals surface area contributed by atoms with Crippen LogP contribution in [0.15, 0.2) is 30.3 Å². The maximum absolute atomic E-state index is 13.4. The zero-order valence-corrected chi connectivity index (χ0v) is 18.9. The average molecular weight is 408 g/mol. The second-order valence-electron chi connectivity index (χ2n) is 9.49. The number of hydrogen-bond donors (Lipinski definition) is 0. The maximum Gasteiger partial charge on any atom is 0.272 e. The lowest BCUT2D eigenvalue weighted by Crippen LogP contribution is -2.40. The summed E-state index contributed by atoms with van der Waals surface area (Å²) in [6.07, 6.45) is 3.12. The molecule has 0 N–H and O–H groups in total. The predicted octanol–water partition coefficient (Wildman–Crippen LogP) is 4.50. The topological polar surface area (TPSA) is 56.0 Å². The predicted molar refractivity (Wildman–Crippen MR) is 120 cm³/mol. The number of piperidine rings is 1. The van der Waals surface area contributed by atoms with Crippen LogP contribution in [0.4, 0.5) is 0 Å². The molecule has 0 spiro atoms. The number of fused-ring (bicyclic) bond motifs is 1. The number of carbonyl (C=O) groups excluding carboxylic acids is 1. The zero-order chi connectivity index (χ0) is 21.5. The van der Waals surface area contributed by atoms with E-state index in [-0.39, 0.29) is 17.2 Å². The summed E-state index contributed by atoms with van der Waals surface area (Å²) in [4.78, 5) is 20.3. The third-order valence-electron chi connectivity index (χ3n) is 6.07. The minimum absolute atomic E-state index is 0.0725. The second-order valence-corrected chi connectivity index (χ2v) is 9.49. The number of hydrogen-bond acceptors (Lipinski definition) is 3. The molecule has 1 aliphatic heterocycles. The summed E-state index contributed by atoms with van der Waals surface area (Å²) in [6.45, 7) is 11.0. The number of rotatable bonds is 4. The molecule has 1 unspecified atom stereocenters. The fourth-order valence-corrected chi connectivity index (χ4v) is 4.43. The van der Waals surface area contributed by atoms with E-state index < -0.39 is 0 Å². The number of aryl methyl sites for hydroxylation is 2. The molecule has 30 heavy (non-hydrogen) atoms. The third kappa shape index (κ3) is 3.75. The number of benzene rings is 1. The first-order chi connectivity index (χ1) is 14.3. The Bertz CT molecular complexity index is 1060. The van der Waals surface area contributed by atoms with Gasteiger partial charge in [-0.2, -0.15) is 5.10 Å². The van der Waals surface area contributed by atoms with Gasteiger partial charge in [-0.1, -0.05) is 39.8 Å². The van der Waals surface area contributed by atoms with Crippen molar-refractivity contribution >= 4 is 16.9 Å². The molecular formula is C24H33N5O. The molecule has 0 saturated carbocycles. The molecule has 1 aromatic carbocycles. The van der Waals surface area contributed by atoms with Crippen molar-refractivity contribution in [1.82, 2.24) is 24.2 Å². The van der Waals surface area contributed by atoms with E-state index >= 15 is 0 Å². The molecule has 160 valence electrons. The Morgan fingerprint density at radius 1 is 1.23 bits per heavy atom. The van der Waals surface area contributed by atoms with Gasteiger partial charge in [0, 0.05) is 38.0 Å². The van der Waals surface area contributed by atoms with Crippen molar-refractivity contribution in [1.29, 1.82) is 0 Å². The van der Waals surface area contributed by atoms with Crippen LogP contribution in [0.3, 0.4) is 0 Å². The van der Waals surface area contributed by atoms with Crippen LogP contribution < -0.4 is 0 Å². The van der Waals surface area contributed by atoms with Gasteiger partial charge >= 0.3 is 0 Å². The Balaban J connectivity index is 1.61.